The number of pyridine rings is 1. The Morgan fingerprint density at radius 2 is 2.10 bits per heavy atom. The molecule has 0 fully saturated rings. The smallest absolute Gasteiger partial charge is 0.356 e. The van der Waals surface area contributed by atoms with Crippen LogP contribution in [0, 0.1) is 17.0 Å². The summed E-state index contributed by atoms with van der Waals surface area (Å²) in [6, 6.07) is 7.06. The number of halogens is 1. The van der Waals surface area contributed by atoms with Crippen LogP contribution in [-0.4, -0.2) is 21.0 Å². The van der Waals surface area contributed by atoms with Crippen molar-refractivity contribution in [2.24, 2.45) is 0 Å². The third-order valence-corrected chi connectivity index (χ3v) is 2.99. The van der Waals surface area contributed by atoms with Crippen molar-refractivity contribution in [2.45, 2.75) is 6.92 Å². The van der Waals surface area contributed by atoms with Gasteiger partial charge in [0.05, 0.1) is 15.5 Å². The van der Waals surface area contributed by atoms with Crippen LogP contribution in [-0.2, 0) is 0 Å². The van der Waals surface area contributed by atoms with Crippen LogP contribution in [0.25, 0.3) is 0 Å². The maximum absolute atomic E-state index is 10.9. The lowest BCUT2D eigenvalue weighted by Gasteiger charge is -2.08. The minimum absolute atomic E-state index is 0.0135. The van der Waals surface area contributed by atoms with Crippen molar-refractivity contribution in [3.8, 4) is 11.6 Å². The summed E-state index contributed by atoms with van der Waals surface area (Å²) in [5, 5.41) is 19.8. The second-order valence-corrected chi connectivity index (χ2v) is 4.45. The molecule has 0 saturated carbocycles. The summed E-state index contributed by atoms with van der Waals surface area (Å²) in [6.07, 6.45) is 0. The normalized spacial score (nSPS) is 10.2. The van der Waals surface area contributed by atoms with Crippen LogP contribution in [0.1, 0.15) is 16.1 Å². The molecule has 0 aliphatic heterocycles. The van der Waals surface area contributed by atoms with Gasteiger partial charge in [0.2, 0.25) is 5.88 Å². The van der Waals surface area contributed by atoms with E-state index in [0.29, 0.717) is 5.56 Å². The molecular formula is C13H9ClN2O5. The average molecular weight is 309 g/mol. The Morgan fingerprint density at radius 3 is 2.71 bits per heavy atom. The first-order valence-electron chi connectivity index (χ1n) is 5.72. The summed E-state index contributed by atoms with van der Waals surface area (Å²) in [6.45, 7) is 1.53. The van der Waals surface area contributed by atoms with E-state index in [9.17, 15) is 14.9 Å². The molecule has 0 bridgehead atoms. The number of benzene rings is 1. The van der Waals surface area contributed by atoms with E-state index in [0.717, 1.165) is 0 Å². The molecule has 1 N–H and O–H groups in total. The summed E-state index contributed by atoms with van der Waals surface area (Å²) in [5.41, 5.74) is -0.131. The van der Waals surface area contributed by atoms with Crippen LogP contribution in [0.5, 0.6) is 11.6 Å². The maximum atomic E-state index is 10.9. The van der Waals surface area contributed by atoms with Gasteiger partial charge in [-0.15, -0.1) is 0 Å². The average Bonchev–Trinajstić information content (AvgIpc) is 2.42. The van der Waals surface area contributed by atoms with Gasteiger partial charge in [-0.05, 0) is 19.1 Å². The van der Waals surface area contributed by atoms with Gasteiger partial charge in [-0.25, -0.2) is 9.78 Å². The van der Waals surface area contributed by atoms with E-state index in [4.69, 9.17) is 21.4 Å². The standard InChI is InChI=1S/C13H9ClN2O5/c1-7-9(16(19)20)3-2-4-10(7)21-11-6-5-8(14)12(15-11)13(17)18/h2-6H,1H3,(H,17,18). The molecule has 21 heavy (non-hydrogen) atoms. The van der Waals surface area contributed by atoms with Gasteiger partial charge in [0, 0.05) is 12.1 Å². The molecular weight excluding hydrogens is 300 g/mol. The van der Waals surface area contributed by atoms with Gasteiger partial charge >= 0.3 is 5.97 Å². The molecule has 8 heteroatoms. The Hall–Kier alpha value is -2.67. The molecule has 0 spiro atoms. The number of nitrogens with zero attached hydrogens (tertiary/aromatic N) is 2. The molecule has 0 unspecified atom stereocenters. The van der Waals surface area contributed by atoms with Crippen molar-refractivity contribution in [1.82, 2.24) is 4.98 Å². The molecule has 1 aromatic heterocycles. The Balaban J connectivity index is 2.39. The zero-order chi connectivity index (χ0) is 15.6. The lowest BCUT2D eigenvalue weighted by atomic mass is 10.2. The number of hydrogen-bond donors (Lipinski definition) is 1. The molecule has 0 aliphatic carbocycles. The van der Waals surface area contributed by atoms with Crippen molar-refractivity contribution < 1.29 is 19.6 Å². The quantitative estimate of drug-likeness (QED) is 0.685. The van der Waals surface area contributed by atoms with Crippen LogP contribution in [0.3, 0.4) is 0 Å². The molecule has 7 nitrogen and oxygen atoms in total. The van der Waals surface area contributed by atoms with Crippen LogP contribution in [0.15, 0.2) is 30.3 Å². The van der Waals surface area contributed by atoms with Gasteiger partial charge in [0.25, 0.3) is 5.69 Å². The number of ether oxygens (including phenoxy) is 1. The lowest BCUT2D eigenvalue weighted by Crippen LogP contribution is -2.03. The minimum Gasteiger partial charge on any atom is -0.476 e. The monoisotopic (exact) mass is 308 g/mol. The molecule has 2 aromatic rings. The first-order valence-corrected chi connectivity index (χ1v) is 6.09. The molecule has 0 aliphatic rings. The van der Waals surface area contributed by atoms with E-state index in [1.54, 1.807) is 0 Å². The molecule has 1 heterocycles. The number of carboxylic acid groups (broad SMARTS) is 1. The van der Waals surface area contributed by atoms with Crippen LogP contribution < -0.4 is 4.74 Å². The summed E-state index contributed by atoms with van der Waals surface area (Å²) in [5.74, 6) is -1.09. The topological polar surface area (TPSA) is 103 Å². The lowest BCUT2D eigenvalue weighted by molar-refractivity contribution is -0.385. The predicted octanol–water partition coefficient (Wildman–Crippen LogP) is 3.44. The van der Waals surface area contributed by atoms with Gasteiger partial charge in [-0.1, -0.05) is 17.7 Å². The summed E-state index contributed by atoms with van der Waals surface area (Å²) >= 11 is 5.70. The molecule has 0 atom stereocenters. The first kappa shape index (κ1) is 14.7. The number of carbonyl (C=O) groups is 1. The molecule has 0 radical (unpaired) electrons. The zero-order valence-electron chi connectivity index (χ0n) is 10.7. The number of carboxylic acids is 1. The second kappa shape index (κ2) is 5.76. The fourth-order valence-electron chi connectivity index (χ4n) is 1.65. The fourth-order valence-corrected chi connectivity index (χ4v) is 1.84. The number of nitro benzene ring substituents is 1. The van der Waals surface area contributed by atoms with Crippen LogP contribution >= 0.6 is 11.6 Å². The first-order chi connectivity index (χ1) is 9.90. The highest BCUT2D eigenvalue weighted by Crippen LogP contribution is 2.30. The summed E-state index contributed by atoms with van der Waals surface area (Å²) < 4.78 is 5.41. The molecule has 0 saturated heterocycles. The Kier molecular flexibility index (Phi) is 4.04. The van der Waals surface area contributed by atoms with Crippen molar-refractivity contribution in [3.05, 3.63) is 56.7 Å². The summed E-state index contributed by atoms with van der Waals surface area (Å²) in [4.78, 5) is 25.0. The van der Waals surface area contributed by atoms with Crippen LogP contribution in [0.4, 0.5) is 5.69 Å². The minimum atomic E-state index is -1.29. The van der Waals surface area contributed by atoms with E-state index in [2.05, 4.69) is 4.98 Å². The highest BCUT2D eigenvalue weighted by atomic mass is 35.5. The molecule has 108 valence electrons. The van der Waals surface area contributed by atoms with E-state index in [1.165, 1.54) is 37.3 Å². The SMILES string of the molecule is Cc1c(Oc2ccc(Cl)c(C(=O)O)n2)cccc1[N+](=O)[O-]. The highest BCUT2D eigenvalue weighted by molar-refractivity contribution is 6.33. The maximum Gasteiger partial charge on any atom is 0.356 e. The number of nitro groups is 1. The zero-order valence-corrected chi connectivity index (χ0v) is 11.5. The Bertz CT molecular complexity index is 732. The number of hydrogen-bond acceptors (Lipinski definition) is 5. The van der Waals surface area contributed by atoms with Gasteiger partial charge in [0.15, 0.2) is 5.69 Å². The number of aromatic carboxylic acids is 1. The third kappa shape index (κ3) is 3.09. The van der Waals surface area contributed by atoms with Crippen molar-refractivity contribution in [3.63, 3.8) is 0 Å². The number of rotatable bonds is 4. The molecule has 2 rings (SSSR count). The van der Waals surface area contributed by atoms with Crippen LogP contribution in [0.2, 0.25) is 5.02 Å². The highest BCUT2D eigenvalue weighted by Gasteiger charge is 2.17. The van der Waals surface area contributed by atoms with E-state index in [1.807, 2.05) is 0 Å². The van der Waals surface area contributed by atoms with E-state index < -0.39 is 10.9 Å². The molecule has 0 amide bonds. The van der Waals surface area contributed by atoms with Gasteiger partial charge in [-0.3, -0.25) is 10.1 Å². The Morgan fingerprint density at radius 1 is 1.38 bits per heavy atom. The predicted molar refractivity (Wildman–Crippen MR) is 74.1 cm³/mol. The van der Waals surface area contributed by atoms with Crippen molar-refractivity contribution >= 4 is 23.3 Å². The van der Waals surface area contributed by atoms with Crippen molar-refractivity contribution in [1.29, 1.82) is 0 Å². The molecule has 1 aromatic carbocycles. The van der Waals surface area contributed by atoms with E-state index >= 15 is 0 Å². The van der Waals surface area contributed by atoms with E-state index in [-0.39, 0.29) is 28.0 Å². The van der Waals surface area contributed by atoms with Gasteiger partial charge in [-0.2, -0.15) is 0 Å². The van der Waals surface area contributed by atoms with Crippen molar-refractivity contribution in [2.75, 3.05) is 0 Å². The second-order valence-electron chi connectivity index (χ2n) is 4.04. The third-order valence-electron chi connectivity index (χ3n) is 2.69. The van der Waals surface area contributed by atoms with Gasteiger partial charge < -0.3 is 9.84 Å². The largest absolute Gasteiger partial charge is 0.476 e. The summed E-state index contributed by atoms with van der Waals surface area (Å²) in [7, 11) is 0. The van der Waals surface area contributed by atoms with Gasteiger partial charge in [0.1, 0.15) is 5.75 Å². The Labute approximate surface area is 123 Å². The number of aromatic nitrogens is 1. The fraction of sp³-hybridized carbons (Fsp3) is 0.0769.